The Kier molecular flexibility index (Phi) is 5.29. The van der Waals surface area contributed by atoms with E-state index in [0.29, 0.717) is 48.8 Å². The number of nitrogens with zero attached hydrogens (tertiary/aromatic N) is 4. The number of nitrogens with one attached hydrogen (secondary N) is 1. The molecule has 7 nitrogen and oxygen atoms in total. The number of amides is 1. The predicted octanol–water partition coefficient (Wildman–Crippen LogP) is 1.59. The summed E-state index contributed by atoms with van der Waals surface area (Å²) in [5.74, 6) is 0.588. The zero-order chi connectivity index (χ0) is 18.6. The molecule has 2 aromatic heterocycles. The Labute approximate surface area is 158 Å². The number of pyridine rings is 1. The molecule has 0 saturated carbocycles. The first-order valence-corrected chi connectivity index (χ1v) is 9.74. The maximum Gasteiger partial charge on any atom is 0.254 e. The second kappa shape index (κ2) is 8.00. The Hall–Kier alpha value is -2.54. The first kappa shape index (κ1) is 17.9. The van der Waals surface area contributed by atoms with Gasteiger partial charge >= 0.3 is 0 Å². The van der Waals surface area contributed by atoms with Crippen LogP contribution in [0.25, 0.3) is 11.5 Å². The van der Waals surface area contributed by atoms with E-state index in [1.54, 1.807) is 6.20 Å². The molecule has 2 aliphatic heterocycles. The summed E-state index contributed by atoms with van der Waals surface area (Å²) in [6, 6.07) is 5.50. The van der Waals surface area contributed by atoms with Crippen molar-refractivity contribution >= 4 is 5.91 Å². The van der Waals surface area contributed by atoms with E-state index in [-0.39, 0.29) is 11.5 Å². The van der Waals surface area contributed by atoms with Crippen LogP contribution in [0.5, 0.6) is 0 Å². The number of H-pyrrole nitrogens is 1. The van der Waals surface area contributed by atoms with Crippen molar-refractivity contribution in [1.82, 2.24) is 24.8 Å². The number of carbonyl (C=O) groups excluding carboxylic acids is 1. The zero-order valence-corrected chi connectivity index (χ0v) is 15.5. The molecule has 0 bridgehead atoms. The van der Waals surface area contributed by atoms with Crippen LogP contribution in [0.1, 0.15) is 36.9 Å². The number of likely N-dealkylation sites (tertiary alicyclic amines) is 1. The summed E-state index contributed by atoms with van der Waals surface area (Å²) < 4.78 is 0. The molecule has 1 amide bonds. The Morgan fingerprint density at radius 3 is 2.67 bits per heavy atom. The minimum absolute atomic E-state index is 0.125. The van der Waals surface area contributed by atoms with Gasteiger partial charge in [-0.15, -0.1) is 0 Å². The fourth-order valence-corrected chi connectivity index (χ4v) is 3.86. The topological polar surface area (TPSA) is 82.2 Å². The molecule has 1 N–H and O–H groups in total. The molecule has 1 saturated heterocycles. The summed E-state index contributed by atoms with van der Waals surface area (Å²) in [7, 11) is 0. The summed E-state index contributed by atoms with van der Waals surface area (Å²) in [5.41, 5.74) is 1.88. The molecular formula is C20H25N5O2. The maximum absolute atomic E-state index is 12.8. The van der Waals surface area contributed by atoms with E-state index in [9.17, 15) is 9.59 Å². The molecule has 4 rings (SSSR count). The van der Waals surface area contributed by atoms with Gasteiger partial charge in [0.05, 0.1) is 18.8 Å². The Bertz CT molecular complexity index is 856. The van der Waals surface area contributed by atoms with Gasteiger partial charge in [0.1, 0.15) is 5.69 Å². The smallest absolute Gasteiger partial charge is 0.254 e. The quantitative estimate of drug-likeness (QED) is 0.891. The lowest BCUT2D eigenvalue weighted by Gasteiger charge is -2.30. The van der Waals surface area contributed by atoms with Crippen molar-refractivity contribution in [3.05, 3.63) is 46.0 Å². The monoisotopic (exact) mass is 367 g/mol. The number of aromatic nitrogens is 3. The molecule has 0 unspecified atom stereocenters. The average Bonchev–Trinajstić information content (AvgIpc) is 2.97. The Morgan fingerprint density at radius 1 is 1.11 bits per heavy atom. The normalized spacial score (nSPS) is 18.0. The standard InChI is InChI=1S/C20H25N5O2/c26-18(14-24-10-5-1-2-6-11-24)25-12-8-15-17(13-25)22-19(23-20(15)27)16-7-3-4-9-21-16/h3-4,7,9H,1-2,5-6,8,10-14H2,(H,22,23,27). The van der Waals surface area contributed by atoms with Crippen molar-refractivity contribution in [2.45, 2.75) is 38.6 Å². The minimum atomic E-state index is -0.125. The third kappa shape index (κ3) is 4.08. The fourth-order valence-electron chi connectivity index (χ4n) is 3.86. The highest BCUT2D eigenvalue weighted by molar-refractivity contribution is 5.78. The molecule has 0 atom stereocenters. The van der Waals surface area contributed by atoms with Gasteiger partial charge in [-0.2, -0.15) is 0 Å². The second-order valence-corrected chi connectivity index (χ2v) is 7.31. The first-order chi connectivity index (χ1) is 13.2. The number of fused-ring (bicyclic) bond motifs is 1. The van der Waals surface area contributed by atoms with Gasteiger partial charge in [-0.05, 0) is 44.5 Å². The van der Waals surface area contributed by atoms with Gasteiger partial charge in [0, 0.05) is 18.3 Å². The van der Waals surface area contributed by atoms with Crippen molar-refractivity contribution in [1.29, 1.82) is 0 Å². The predicted molar refractivity (Wildman–Crippen MR) is 102 cm³/mol. The van der Waals surface area contributed by atoms with Gasteiger partial charge in [0.15, 0.2) is 5.82 Å². The highest BCUT2D eigenvalue weighted by Crippen LogP contribution is 2.18. The third-order valence-corrected chi connectivity index (χ3v) is 5.39. The Morgan fingerprint density at radius 2 is 1.93 bits per heavy atom. The number of carbonyl (C=O) groups is 1. The number of rotatable bonds is 3. The van der Waals surface area contributed by atoms with Crippen LogP contribution in [0.2, 0.25) is 0 Å². The molecule has 0 aliphatic carbocycles. The molecule has 1 fully saturated rings. The summed E-state index contributed by atoms with van der Waals surface area (Å²) in [6.07, 6.45) is 7.06. The highest BCUT2D eigenvalue weighted by Gasteiger charge is 2.26. The SMILES string of the molecule is O=C(CN1CCCCCC1)N1CCc2c(nc(-c3ccccn3)[nH]c2=O)C1. The lowest BCUT2D eigenvalue weighted by Crippen LogP contribution is -2.44. The van der Waals surface area contributed by atoms with Crippen molar-refractivity contribution < 1.29 is 4.79 Å². The number of aromatic amines is 1. The van der Waals surface area contributed by atoms with Crippen molar-refractivity contribution in [3.8, 4) is 11.5 Å². The van der Waals surface area contributed by atoms with E-state index in [4.69, 9.17) is 0 Å². The molecule has 142 valence electrons. The van der Waals surface area contributed by atoms with Gasteiger partial charge in [-0.1, -0.05) is 18.9 Å². The van der Waals surface area contributed by atoms with E-state index >= 15 is 0 Å². The maximum atomic E-state index is 12.8. The second-order valence-electron chi connectivity index (χ2n) is 7.31. The Balaban J connectivity index is 1.51. The van der Waals surface area contributed by atoms with E-state index in [1.165, 1.54) is 25.7 Å². The highest BCUT2D eigenvalue weighted by atomic mass is 16.2. The minimum Gasteiger partial charge on any atom is -0.335 e. The molecular weight excluding hydrogens is 342 g/mol. The lowest BCUT2D eigenvalue weighted by molar-refractivity contribution is -0.133. The molecule has 4 heterocycles. The molecule has 27 heavy (non-hydrogen) atoms. The van der Waals surface area contributed by atoms with Crippen LogP contribution in [0.15, 0.2) is 29.2 Å². The van der Waals surface area contributed by atoms with Crippen LogP contribution in [0.4, 0.5) is 0 Å². The molecule has 2 aliphatic rings. The molecule has 0 spiro atoms. The molecule has 0 radical (unpaired) electrons. The van der Waals surface area contributed by atoms with Crippen molar-refractivity contribution in [2.24, 2.45) is 0 Å². The molecule has 0 aromatic carbocycles. The van der Waals surface area contributed by atoms with Crippen LogP contribution >= 0.6 is 0 Å². The molecule has 7 heteroatoms. The van der Waals surface area contributed by atoms with Gasteiger partial charge in [0.2, 0.25) is 5.91 Å². The van der Waals surface area contributed by atoms with E-state index in [1.807, 2.05) is 23.1 Å². The number of hydrogen-bond acceptors (Lipinski definition) is 5. The van der Waals surface area contributed by atoms with E-state index in [0.717, 1.165) is 13.1 Å². The summed E-state index contributed by atoms with van der Waals surface area (Å²) in [4.78, 5) is 41.0. The van der Waals surface area contributed by atoms with Crippen LogP contribution in [-0.2, 0) is 17.8 Å². The van der Waals surface area contributed by atoms with E-state index < -0.39 is 0 Å². The number of hydrogen-bond donors (Lipinski definition) is 1. The lowest BCUT2D eigenvalue weighted by atomic mass is 10.1. The van der Waals surface area contributed by atoms with Gasteiger partial charge < -0.3 is 9.88 Å². The van der Waals surface area contributed by atoms with Crippen molar-refractivity contribution in [2.75, 3.05) is 26.2 Å². The van der Waals surface area contributed by atoms with Gasteiger partial charge in [-0.3, -0.25) is 19.5 Å². The third-order valence-electron chi connectivity index (χ3n) is 5.39. The van der Waals surface area contributed by atoms with Gasteiger partial charge in [-0.25, -0.2) is 4.98 Å². The summed E-state index contributed by atoms with van der Waals surface area (Å²) in [6.45, 7) is 3.43. The van der Waals surface area contributed by atoms with Crippen LogP contribution in [0.3, 0.4) is 0 Å². The largest absolute Gasteiger partial charge is 0.335 e. The van der Waals surface area contributed by atoms with Crippen molar-refractivity contribution in [3.63, 3.8) is 0 Å². The van der Waals surface area contributed by atoms with Crippen LogP contribution in [0, 0.1) is 0 Å². The van der Waals surface area contributed by atoms with E-state index in [2.05, 4.69) is 19.9 Å². The summed E-state index contributed by atoms with van der Waals surface area (Å²) >= 11 is 0. The zero-order valence-electron chi connectivity index (χ0n) is 15.5. The molecule has 2 aromatic rings. The van der Waals surface area contributed by atoms with Crippen LogP contribution < -0.4 is 5.56 Å². The summed E-state index contributed by atoms with van der Waals surface area (Å²) in [5, 5.41) is 0. The van der Waals surface area contributed by atoms with Crippen LogP contribution in [-0.4, -0.2) is 56.8 Å². The fraction of sp³-hybridized carbons (Fsp3) is 0.500. The average molecular weight is 367 g/mol. The van der Waals surface area contributed by atoms with Gasteiger partial charge in [0.25, 0.3) is 5.56 Å². The first-order valence-electron chi connectivity index (χ1n) is 9.74.